The zero-order chi connectivity index (χ0) is 24.8. The Labute approximate surface area is 205 Å². The molecule has 2 aromatic rings. The van der Waals surface area contributed by atoms with E-state index in [9.17, 15) is 13.2 Å². The molecule has 0 unspecified atom stereocenters. The first-order valence-corrected chi connectivity index (χ1v) is 14.0. The fourth-order valence-electron chi connectivity index (χ4n) is 3.91. The van der Waals surface area contributed by atoms with Crippen LogP contribution in [0.1, 0.15) is 70.1 Å². The molecular weight excluding hydrogens is 450 g/mol. The highest BCUT2D eigenvalue weighted by Gasteiger charge is 2.17. The molecular formula is C26H41N3O4S. The summed E-state index contributed by atoms with van der Waals surface area (Å²) in [5.41, 5.74) is 0.949. The average molecular weight is 492 g/mol. The molecule has 0 radical (unpaired) electrons. The van der Waals surface area contributed by atoms with E-state index in [0.29, 0.717) is 25.9 Å². The van der Waals surface area contributed by atoms with Crippen molar-refractivity contribution in [1.82, 2.24) is 9.80 Å². The highest BCUT2D eigenvalue weighted by atomic mass is 32.2. The maximum Gasteiger partial charge on any atom is 0.238 e. The van der Waals surface area contributed by atoms with Crippen LogP contribution in [-0.2, 0) is 27.8 Å². The molecule has 0 atom stereocenters. The van der Waals surface area contributed by atoms with Crippen LogP contribution in [0.4, 0.5) is 0 Å². The number of primary sulfonamides is 1. The summed E-state index contributed by atoms with van der Waals surface area (Å²) >= 11 is 0. The summed E-state index contributed by atoms with van der Waals surface area (Å²) in [6, 6.07) is 10.2. The molecule has 1 heterocycles. The number of carbonyl (C=O) groups excluding carboxylic acids is 1. The Hall–Kier alpha value is -2.16. The van der Waals surface area contributed by atoms with Crippen molar-refractivity contribution in [2.75, 3.05) is 26.2 Å². The summed E-state index contributed by atoms with van der Waals surface area (Å²) in [6.07, 6.45) is 9.86. The second-order valence-electron chi connectivity index (χ2n) is 8.84. The molecule has 7 nitrogen and oxygen atoms in total. The van der Waals surface area contributed by atoms with E-state index < -0.39 is 10.0 Å². The largest absolute Gasteiger partial charge is 0.467 e. The number of rotatable bonds is 17. The molecule has 0 aliphatic carbocycles. The van der Waals surface area contributed by atoms with Gasteiger partial charge in [0.05, 0.1) is 17.7 Å². The van der Waals surface area contributed by atoms with Crippen molar-refractivity contribution in [3.05, 3.63) is 54.0 Å². The Kier molecular flexibility index (Phi) is 12.4. The van der Waals surface area contributed by atoms with E-state index in [-0.39, 0.29) is 10.8 Å². The van der Waals surface area contributed by atoms with Gasteiger partial charge in [-0.25, -0.2) is 13.6 Å². The number of benzene rings is 1. The van der Waals surface area contributed by atoms with Gasteiger partial charge < -0.3 is 14.2 Å². The van der Waals surface area contributed by atoms with Crippen LogP contribution in [-0.4, -0.2) is 50.3 Å². The van der Waals surface area contributed by atoms with Crippen molar-refractivity contribution in [2.24, 2.45) is 5.14 Å². The van der Waals surface area contributed by atoms with Crippen molar-refractivity contribution in [1.29, 1.82) is 0 Å². The summed E-state index contributed by atoms with van der Waals surface area (Å²) < 4.78 is 28.5. The summed E-state index contributed by atoms with van der Waals surface area (Å²) in [5.74, 6) is 0.856. The van der Waals surface area contributed by atoms with E-state index in [0.717, 1.165) is 31.0 Å². The average Bonchev–Trinajstić information content (AvgIpc) is 3.33. The lowest BCUT2D eigenvalue weighted by molar-refractivity contribution is -0.132. The molecule has 1 aromatic carbocycles. The van der Waals surface area contributed by atoms with Gasteiger partial charge in [0.1, 0.15) is 5.76 Å². The Morgan fingerprint density at radius 2 is 1.56 bits per heavy atom. The second-order valence-corrected chi connectivity index (χ2v) is 10.4. The Morgan fingerprint density at radius 3 is 2.09 bits per heavy atom. The van der Waals surface area contributed by atoms with Crippen LogP contribution in [0.5, 0.6) is 0 Å². The third-order valence-corrected chi connectivity index (χ3v) is 6.93. The molecule has 1 amide bonds. The molecule has 1 aromatic heterocycles. The number of unbranched alkanes of at least 4 members (excludes halogenated alkanes) is 4. The maximum atomic E-state index is 13.2. The molecule has 0 aliphatic heterocycles. The normalized spacial score (nSPS) is 11.8. The van der Waals surface area contributed by atoms with Crippen molar-refractivity contribution in [3.8, 4) is 0 Å². The quantitative estimate of drug-likeness (QED) is 0.327. The van der Waals surface area contributed by atoms with Gasteiger partial charge >= 0.3 is 0 Å². The molecule has 0 saturated heterocycles. The van der Waals surface area contributed by atoms with Crippen LogP contribution in [0.15, 0.2) is 52.0 Å². The number of furan rings is 1. The first-order valence-electron chi connectivity index (χ1n) is 12.5. The standard InChI is InChI=1S/C26H41N3O4S/c1-3-5-7-17-28(18-8-6-4-2)19-16-26(30)29(22-24-10-9-21-33-24)20-15-23-11-13-25(14-12-23)34(27,31)32/h9-14,21H,3-8,15-20,22H2,1-2H3,(H2,27,31,32). The van der Waals surface area contributed by atoms with E-state index in [2.05, 4.69) is 18.7 Å². The minimum Gasteiger partial charge on any atom is -0.467 e. The lowest BCUT2D eigenvalue weighted by Gasteiger charge is -2.26. The molecule has 2 N–H and O–H groups in total. The third-order valence-electron chi connectivity index (χ3n) is 6.00. The van der Waals surface area contributed by atoms with Gasteiger partial charge in [-0.15, -0.1) is 0 Å². The van der Waals surface area contributed by atoms with Crippen molar-refractivity contribution < 1.29 is 17.6 Å². The van der Waals surface area contributed by atoms with Gasteiger partial charge in [0.2, 0.25) is 15.9 Å². The Balaban J connectivity index is 1.98. The molecule has 0 bridgehead atoms. The molecule has 34 heavy (non-hydrogen) atoms. The molecule has 0 saturated carbocycles. The van der Waals surface area contributed by atoms with Gasteiger partial charge in [-0.05, 0) is 62.2 Å². The minimum atomic E-state index is -3.71. The number of hydrogen-bond acceptors (Lipinski definition) is 5. The van der Waals surface area contributed by atoms with Crippen LogP contribution in [0.25, 0.3) is 0 Å². The SMILES string of the molecule is CCCCCN(CCCCC)CCC(=O)N(CCc1ccc(S(N)(=O)=O)cc1)Cc1ccco1. The first kappa shape index (κ1) is 28.1. The molecule has 2 rings (SSSR count). The van der Waals surface area contributed by atoms with E-state index in [1.54, 1.807) is 18.4 Å². The highest BCUT2D eigenvalue weighted by Crippen LogP contribution is 2.13. The summed E-state index contributed by atoms with van der Waals surface area (Å²) in [6.45, 7) is 8.22. The monoisotopic (exact) mass is 491 g/mol. The van der Waals surface area contributed by atoms with Crippen LogP contribution >= 0.6 is 0 Å². The van der Waals surface area contributed by atoms with Crippen LogP contribution in [0.2, 0.25) is 0 Å². The van der Waals surface area contributed by atoms with Crippen molar-refractivity contribution >= 4 is 15.9 Å². The fraction of sp³-hybridized carbons (Fsp3) is 0.577. The number of carbonyl (C=O) groups is 1. The van der Waals surface area contributed by atoms with Crippen LogP contribution in [0, 0.1) is 0 Å². The van der Waals surface area contributed by atoms with Crippen LogP contribution in [0.3, 0.4) is 0 Å². The molecule has 0 spiro atoms. The van der Waals surface area contributed by atoms with E-state index in [1.807, 2.05) is 17.0 Å². The summed E-state index contributed by atoms with van der Waals surface area (Å²) in [4.78, 5) is 17.6. The summed E-state index contributed by atoms with van der Waals surface area (Å²) in [7, 11) is -3.71. The second kappa shape index (κ2) is 15.0. The minimum absolute atomic E-state index is 0.0889. The van der Waals surface area contributed by atoms with Gasteiger partial charge in [-0.1, -0.05) is 51.7 Å². The predicted octanol–water partition coefficient (Wildman–Crippen LogP) is 4.57. The summed E-state index contributed by atoms with van der Waals surface area (Å²) in [5, 5.41) is 5.18. The lowest BCUT2D eigenvalue weighted by atomic mass is 10.1. The predicted molar refractivity (Wildman–Crippen MR) is 136 cm³/mol. The van der Waals surface area contributed by atoms with Crippen molar-refractivity contribution in [3.63, 3.8) is 0 Å². The molecule has 0 fully saturated rings. The molecule has 0 aliphatic rings. The Morgan fingerprint density at radius 1 is 0.912 bits per heavy atom. The zero-order valence-electron chi connectivity index (χ0n) is 20.7. The zero-order valence-corrected chi connectivity index (χ0v) is 21.6. The number of amides is 1. The van der Waals surface area contributed by atoms with Gasteiger partial charge in [-0.3, -0.25) is 4.79 Å². The maximum absolute atomic E-state index is 13.2. The van der Waals surface area contributed by atoms with E-state index in [4.69, 9.17) is 9.56 Å². The fourth-order valence-corrected chi connectivity index (χ4v) is 4.43. The number of sulfonamides is 1. The Bertz CT molecular complexity index is 917. The van der Waals surface area contributed by atoms with Gasteiger partial charge in [0.25, 0.3) is 0 Å². The molecule has 190 valence electrons. The smallest absolute Gasteiger partial charge is 0.238 e. The van der Waals surface area contributed by atoms with Crippen LogP contribution < -0.4 is 5.14 Å². The van der Waals surface area contributed by atoms with E-state index in [1.165, 1.54) is 50.7 Å². The van der Waals surface area contributed by atoms with Gasteiger partial charge in [0, 0.05) is 19.5 Å². The number of nitrogens with zero attached hydrogens (tertiary/aromatic N) is 2. The first-order chi connectivity index (χ1) is 16.3. The topological polar surface area (TPSA) is 96.9 Å². The highest BCUT2D eigenvalue weighted by molar-refractivity contribution is 7.89. The van der Waals surface area contributed by atoms with Gasteiger partial charge in [0.15, 0.2) is 0 Å². The van der Waals surface area contributed by atoms with E-state index >= 15 is 0 Å². The third kappa shape index (κ3) is 10.4. The number of nitrogens with two attached hydrogens (primary N) is 1. The van der Waals surface area contributed by atoms with Crippen molar-refractivity contribution in [2.45, 2.75) is 76.7 Å². The lowest BCUT2D eigenvalue weighted by Crippen LogP contribution is -2.36. The molecule has 8 heteroatoms. The number of hydrogen-bond donors (Lipinski definition) is 1. The van der Waals surface area contributed by atoms with Gasteiger partial charge in [-0.2, -0.15) is 0 Å².